The second kappa shape index (κ2) is 4.82. The maximum absolute atomic E-state index is 13.1. The van der Waals surface area contributed by atoms with Crippen molar-refractivity contribution in [2.75, 3.05) is 22.9 Å². The highest BCUT2D eigenvalue weighted by atomic mass is 32.1. The van der Waals surface area contributed by atoms with Crippen LogP contribution in [-0.2, 0) is 0 Å². The Labute approximate surface area is 135 Å². The first kappa shape index (κ1) is 13.1. The number of benzene rings is 1. The summed E-state index contributed by atoms with van der Waals surface area (Å²) < 4.78 is 21.6. The minimum Gasteiger partial charge on any atom is -0.365 e. The third-order valence-corrected chi connectivity index (χ3v) is 5.23. The molecule has 2 bridgehead atoms. The fraction of sp³-hybridized carbons (Fsp3) is 0.333. The van der Waals surface area contributed by atoms with E-state index >= 15 is 0 Å². The number of nitrogens with zero attached hydrogens (tertiary/aromatic N) is 6. The van der Waals surface area contributed by atoms with Crippen molar-refractivity contribution in [1.29, 1.82) is 0 Å². The minimum atomic E-state index is -0.195. The second-order valence-corrected chi connectivity index (χ2v) is 6.49. The monoisotopic (exact) mass is 328 g/mol. The van der Waals surface area contributed by atoms with Crippen LogP contribution >= 0.6 is 11.7 Å². The van der Waals surface area contributed by atoms with Crippen molar-refractivity contribution >= 4 is 34.4 Å². The lowest BCUT2D eigenvalue weighted by molar-refractivity contribution is 0.623. The van der Waals surface area contributed by atoms with Crippen LogP contribution in [0.4, 0.5) is 15.9 Å². The van der Waals surface area contributed by atoms with Gasteiger partial charge in [0.15, 0.2) is 17.0 Å². The number of piperazine rings is 1. The van der Waals surface area contributed by atoms with Crippen LogP contribution in [0.5, 0.6) is 0 Å². The molecule has 2 saturated heterocycles. The van der Waals surface area contributed by atoms with Crippen molar-refractivity contribution in [2.45, 2.75) is 18.5 Å². The second-order valence-electron chi connectivity index (χ2n) is 5.96. The number of anilines is 2. The summed E-state index contributed by atoms with van der Waals surface area (Å²) in [7, 11) is 0. The van der Waals surface area contributed by atoms with Gasteiger partial charge in [0.05, 0.1) is 17.8 Å². The van der Waals surface area contributed by atoms with E-state index in [0.29, 0.717) is 17.7 Å². The zero-order valence-corrected chi connectivity index (χ0v) is 12.9. The normalized spacial score (nSPS) is 23.2. The van der Waals surface area contributed by atoms with Crippen LogP contribution in [0.1, 0.15) is 6.42 Å². The van der Waals surface area contributed by atoms with Gasteiger partial charge in [-0.25, -0.2) is 14.4 Å². The Balaban J connectivity index is 1.44. The molecule has 1 aromatic carbocycles. The molecule has 23 heavy (non-hydrogen) atoms. The molecule has 0 N–H and O–H groups in total. The van der Waals surface area contributed by atoms with Crippen molar-refractivity contribution in [1.82, 2.24) is 18.7 Å². The Morgan fingerprint density at radius 3 is 2.57 bits per heavy atom. The van der Waals surface area contributed by atoms with Crippen LogP contribution in [0.3, 0.4) is 0 Å². The van der Waals surface area contributed by atoms with Gasteiger partial charge >= 0.3 is 0 Å². The lowest BCUT2D eigenvalue weighted by Gasteiger charge is -2.36. The largest absolute Gasteiger partial charge is 0.365 e. The standard InChI is InChI=1S/C15H13FN6S/c16-9-1-3-10(4-2-9)21-6-12-5-11(21)7-22(12)15-13-14(17-8-18-15)20-23-19-13/h1-4,8,11-12H,5-7H2/t11-,12+/m0/s1. The predicted molar refractivity (Wildman–Crippen MR) is 86.3 cm³/mol. The summed E-state index contributed by atoms with van der Waals surface area (Å²) in [5, 5.41) is 0. The Kier molecular flexibility index (Phi) is 2.75. The summed E-state index contributed by atoms with van der Waals surface area (Å²) >= 11 is 1.17. The van der Waals surface area contributed by atoms with Crippen molar-refractivity contribution in [2.24, 2.45) is 0 Å². The van der Waals surface area contributed by atoms with Gasteiger partial charge in [0.2, 0.25) is 0 Å². The third-order valence-electron chi connectivity index (χ3n) is 4.71. The van der Waals surface area contributed by atoms with Crippen molar-refractivity contribution in [3.05, 3.63) is 36.4 Å². The molecule has 0 spiro atoms. The van der Waals surface area contributed by atoms with E-state index in [0.717, 1.165) is 36.5 Å². The van der Waals surface area contributed by atoms with Gasteiger partial charge in [-0.05, 0) is 30.7 Å². The molecule has 0 saturated carbocycles. The fourth-order valence-electron chi connectivity index (χ4n) is 3.69. The van der Waals surface area contributed by atoms with E-state index in [2.05, 4.69) is 28.5 Å². The Morgan fingerprint density at radius 2 is 1.78 bits per heavy atom. The molecule has 116 valence electrons. The lowest BCUT2D eigenvalue weighted by atomic mass is 10.2. The van der Waals surface area contributed by atoms with Crippen molar-refractivity contribution in [3.63, 3.8) is 0 Å². The summed E-state index contributed by atoms with van der Waals surface area (Å²) in [6.45, 7) is 1.81. The highest BCUT2D eigenvalue weighted by Gasteiger charge is 2.44. The van der Waals surface area contributed by atoms with Gasteiger partial charge < -0.3 is 9.80 Å². The van der Waals surface area contributed by atoms with E-state index < -0.39 is 0 Å². The summed E-state index contributed by atoms with van der Waals surface area (Å²) in [5.74, 6) is 0.689. The Morgan fingerprint density at radius 1 is 1.00 bits per heavy atom. The quantitative estimate of drug-likeness (QED) is 0.718. The first-order valence-corrected chi connectivity index (χ1v) is 8.25. The molecular formula is C15H13FN6S. The first-order chi connectivity index (χ1) is 11.3. The summed E-state index contributed by atoms with van der Waals surface area (Å²) in [4.78, 5) is 13.3. The van der Waals surface area contributed by atoms with Crippen LogP contribution < -0.4 is 9.80 Å². The molecule has 4 heterocycles. The molecule has 0 radical (unpaired) electrons. The van der Waals surface area contributed by atoms with Gasteiger partial charge in [0.25, 0.3) is 0 Å². The van der Waals surface area contributed by atoms with Gasteiger partial charge in [0, 0.05) is 24.8 Å². The maximum atomic E-state index is 13.1. The smallest absolute Gasteiger partial charge is 0.198 e. The van der Waals surface area contributed by atoms with E-state index in [4.69, 9.17) is 0 Å². The number of aromatic nitrogens is 4. The van der Waals surface area contributed by atoms with E-state index in [1.54, 1.807) is 6.33 Å². The minimum absolute atomic E-state index is 0.195. The zero-order chi connectivity index (χ0) is 15.4. The van der Waals surface area contributed by atoms with Crippen LogP contribution in [0, 0.1) is 5.82 Å². The Hall–Kier alpha value is -2.35. The van der Waals surface area contributed by atoms with E-state index in [1.807, 2.05) is 12.1 Å². The van der Waals surface area contributed by atoms with E-state index in [-0.39, 0.29) is 5.82 Å². The number of hydrogen-bond donors (Lipinski definition) is 0. The summed E-state index contributed by atoms with van der Waals surface area (Å²) in [6, 6.07) is 7.57. The maximum Gasteiger partial charge on any atom is 0.198 e. The highest BCUT2D eigenvalue weighted by Crippen LogP contribution is 2.38. The van der Waals surface area contributed by atoms with Gasteiger partial charge in [-0.2, -0.15) is 8.75 Å². The Bertz CT molecular complexity index is 866. The number of fused-ring (bicyclic) bond motifs is 3. The lowest BCUT2D eigenvalue weighted by Crippen LogP contribution is -2.47. The van der Waals surface area contributed by atoms with E-state index in [1.165, 1.54) is 23.9 Å². The average molecular weight is 328 g/mol. The molecule has 3 aromatic rings. The number of rotatable bonds is 2. The van der Waals surface area contributed by atoms with Crippen LogP contribution in [0.25, 0.3) is 11.2 Å². The topological polar surface area (TPSA) is 58.0 Å². The van der Waals surface area contributed by atoms with Crippen LogP contribution in [0.2, 0.25) is 0 Å². The molecule has 8 heteroatoms. The van der Waals surface area contributed by atoms with Gasteiger partial charge in [-0.3, -0.25) is 0 Å². The number of halogens is 1. The zero-order valence-electron chi connectivity index (χ0n) is 12.1. The first-order valence-electron chi connectivity index (χ1n) is 7.52. The molecular weight excluding hydrogens is 315 g/mol. The molecule has 2 aromatic heterocycles. The third kappa shape index (κ3) is 1.98. The van der Waals surface area contributed by atoms with E-state index in [9.17, 15) is 4.39 Å². The summed E-state index contributed by atoms with van der Waals surface area (Å²) in [5.41, 5.74) is 2.54. The molecule has 2 aliphatic rings. The SMILES string of the molecule is Fc1ccc(N2C[C@H]3C[C@H]2CN3c2ncnc3nsnc23)cc1. The predicted octanol–water partition coefficient (Wildman–Crippen LogP) is 2.09. The molecule has 2 atom stereocenters. The molecule has 0 amide bonds. The van der Waals surface area contributed by atoms with Crippen LogP contribution in [-0.4, -0.2) is 43.9 Å². The molecule has 2 aliphatic heterocycles. The molecule has 0 unspecified atom stereocenters. The average Bonchev–Trinajstić information content (AvgIpc) is 3.29. The van der Waals surface area contributed by atoms with Crippen LogP contribution in [0.15, 0.2) is 30.6 Å². The van der Waals surface area contributed by atoms with Crippen molar-refractivity contribution < 1.29 is 4.39 Å². The molecule has 6 nitrogen and oxygen atoms in total. The molecule has 5 rings (SSSR count). The van der Waals surface area contributed by atoms with Gasteiger partial charge in [0.1, 0.15) is 12.1 Å². The highest BCUT2D eigenvalue weighted by molar-refractivity contribution is 7.00. The van der Waals surface area contributed by atoms with Gasteiger partial charge in [-0.15, -0.1) is 0 Å². The van der Waals surface area contributed by atoms with Crippen molar-refractivity contribution in [3.8, 4) is 0 Å². The molecule has 2 fully saturated rings. The number of hydrogen-bond acceptors (Lipinski definition) is 7. The van der Waals surface area contributed by atoms with Gasteiger partial charge in [-0.1, -0.05) is 0 Å². The molecule has 0 aliphatic carbocycles. The fourth-order valence-corrected chi connectivity index (χ4v) is 4.19. The summed E-state index contributed by atoms with van der Waals surface area (Å²) in [6.07, 6.45) is 2.64.